The Labute approximate surface area is 67.7 Å². The highest BCUT2D eigenvalue weighted by molar-refractivity contribution is 4.82. The number of morpholine rings is 1. The molecule has 0 aliphatic carbocycles. The maximum Gasteiger partial charge on any atom is 0.0772 e. The van der Waals surface area contributed by atoms with Crippen LogP contribution in [-0.4, -0.2) is 37.5 Å². The van der Waals surface area contributed by atoms with Crippen LogP contribution in [0.25, 0.3) is 0 Å². The van der Waals surface area contributed by atoms with Gasteiger partial charge in [0.05, 0.1) is 19.3 Å². The summed E-state index contributed by atoms with van der Waals surface area (Å²) in [6.45, 7) is 6.76. The zero-order valence-electron chi connectivity index (χ0n) is 7.26. The molecule has 0 bridgehead atoms. The Bertz CT molecular complexity index is 119. The van der Waals surface area contributed by atoms with E-state index >= 15 is 0 Å². The topological polar surface area (TPSA) is 41.5 Å². The Morgan fingerprint density at radius 1 is 1.64 bits per heavy atom. The molecule has 1 saturated heterocycles. The third kappa shape index (κ3) is 2.15. The summed E-state index contributed by atoms with van der Waals surface area (Å²) < 4.78 is 5.51. The van der Waals surface area contributed by atoms with E-state index in [1.807, 2.05) is 13.8 Å². The van der Waals surface area contributed by atoms with Gasteiger partial charge in [-0.05, 0) is 0 Å². The van der Waals surface area contributed by atoms with Crippen molar-refractivity contribution in [2.75, 3.05) is 26.3 Å². The minimum absolute atomic E-state index is 0.118. The van der Waals surface area contributed by atoms with Crippen LogP contribution in [0, 0.1) is 5.41 Å². The first-order valence-corrected chi connectivity index (χ1v) is 4.10. The fourth-order valence-corrected chi connectivity index (χ4v) is 1.17. The van der Waals surface area contributed by atoms with Crippen molar-refractivity contribution in [2.45, 2.75) is 20.0 Å². The lowest BCUT2D eigenvalue weighted by molar-refractivity contribution is -0.0633. The van der Waals surface area contributed by atoms with Crippen molar-refractivity contribution in [3.8, 4) is 0 Å². The number of aliphatic hydroxyl groups excluding tert-OH is 1. The maximum atomic E-state index is 9.04. The highest BCUT2D eigenvalue weighted by atomic mass is 16.5. The van der Waals surface area contributed by atoms with Gasteiger partial charge < -0.3 is 15.2 Å². The van der Waals surface area contributed by atoms with Crippen LogP contribution >= 0.6 is 0 Å². The third-order valence-electron chi connectivity index (χ3n) is 2.21. The average Bonchev–Trinajstić information content (AvgIpc) is 2.06. The van der Waals surface area contributed by atoms with Gasteiger partial charge in [0.2, 0.25) is 0 Å². The predicted molar refractivity (Wildman–Crippen MR) is 43.5 cm³/mol. The van der Waals surface area contributed by atoms with Crippen molar-refractivity contribution in [3.05, 3.63) is 0 Å². The molecule has 1 aliphatic heterocycles. The van der Waals surface area contributed by atoms with Gasteiger partial charge in [-0.25, -0.2) is 0 Å². The monoisotopic (exact) mass is 159 g/mol. The van der Waals surface area contributed by atoms with Crippen molar-refractivity contribution in [2.24, 2.45) is 5.41 Å². The highest BCUT2D eigenvalue weighted by Crippen LogP contribution is 2.22. The quantitative estimate of drug-likeness (QED) is 0.595. The average molecular weight is 159 g/mol. The SMILES string of the molecule is CC(C)(CO)C1CNCCO1. The van der Waals surface area contributed by atoms with Gasteiger partial charge >= 0.3 is 0 Å². The van der Waals surface area contributed by atoms with Crippen LogP contribution in [0.2, 0.25) is 0 Å². The summed E-state index contributed by atoms with van der Waals surface area (Å²) in [5.74, 6) is 0. The van der Waals surface area contributed by atoms with Crippen LogP contribution in [0.1, 0.15) is 13.8 Å². The Morgan fingerprint density at radius 2 is 2.36 bits per heavy atom. The molecule has 3 nitrogen and oxygen atoms in total. The summed E-state index contributed by atoms with van der Waals surface area (Å²) in [5, 5.41) is 12.3. The lowest BCUT2D eigenvalue weighted by Crippen LogP contribution is -2.47. The van der Waals surface area contributed by atoms with Gasteiger partial charge in [0, 0.05) is 18.5 Å². The molecule has 11 heavy (non-hydrogen) atoms. The summed E-state index contributed by atoms with van der Waals surface area (Å²) in [4.78, 5) is 0. The molecule has 0 spiro atoms. The van der Waals surface area contributed by atoms with Gasteiger partial charge in [-0.2, -0.15) is 0 Å². The predicted octanol–water partition coefficient (Wildman–Crippen LogP) is -0.00670. The van der Waals surface area contributed by atoms with Crippen molar-refractivity contribution < 1.29 is 9.84 Å². The summed E-state index contributed by atoms with van der Waals surface area (Å²) in [6, 6.07) is 0. The standard InChI is InChI=1S/C8H17NO2/c1-8(2,6-10)7-5-9-3-4-11-7/h7,9-10H,3-6H2,1-2H3. The van der Waals surface area contributed by atoms with Crippen LogP contribution in [0.5, 0.6) is 0 Å². The molecule has 2 N–H and O–H groups in total. The molecule has 1 rings (SSSR count). The van der Waals surface area contributed by atoms with Gasteiger partial charge in [-0.1, -0.05) is 13.8 Å². The molecule has 0 amide bonds. The Morgan fingerprint density at radius 3 is 2.82 bits per heavy atom. The lowest BCUT2D eigenvalue weighted by Gasteiger charge is -2.35. The van der Waals surface area contributed by atoms with Crippen LogP contribution in [0.4, 0.5) is 0 Å². The molecule has 1 unspecified atom stereocenters. The van der Waals surface area contributed by atoms with E-state index in [0.29, 0.717) is 0 Å². The van der Waals surface area contributed by atoms with E-state index in [0.717, 1.165) is 19.7 Å². The molecule has 1 heterocycles. The van der Waals surface area contributed by atoms with E-state index in [-0.39, 0.29) is 18.1 Å². The molecule has 0 radical (unpaired) electrons. The minimum atomic E-state index is -0.118. The van der Waals surface area contributed by atoms with E-state index in [2.05, 4.69) is 5.32 Å². The number of nitrogens with one attached hydrogen (secondary N) is 1. The van der Waals surface area contributed by atoms with E-state index in [9.17, 15) is 0 Å². The molecular weight excluding hydrogens is 142 g/mol. The zero-order valence-corrected chi connectivity index (χ0v) is 7.26. The normalized spacial score (nSPS) is 27.0. The lowest BCUT2D eigenvalue weighted by atomic mass is 9.87. The van der Waals surface area contributed by atoms with Crippen LogP contribution in [0.15, 0.2) is 0 Å². The molecule has 0 aromatic heterocycles. The highest BCUT2D eigenvalue weighted by Gasteiger charge is 2.30. The number of aliphatic hydroxyl groups is 1. The molecular formula is C8H17NO2. The summed E-state index contributed by atoms with van der Waals surface area (Å²) in [5.41, 5.74) is -0.118. The first-order chi connectivity index (χ1) is 5.17. The number of rotatable bonds is 2. The first kappa shape index (κ1) is 8.97. The molecule has 0 saturated carbocycles. The molecule has 1 fully saturated rings. The maximum absolute atomic E-state index is 9.04. The van der Waals surface area contributed by atoms with E-state index in [4.69, 9.17) is 9.84 Å². The Balaban J connectivity index is 2.43. The van der Waals surface area contributed by atoms with Gasteiger partial charge in [0.25, 0.3) is 0 Å². The zero-order chi connectivity index (χ0) is 8.32. The smallest absolute Gasteiger partial charge is 0.0772 e. The largest absolute Gasteiger partial charge is 0.396 e. The fourth-order valence-electron chi connectivity index (χ4n) is 1.17. The minimum Gasteiger partial charge on any atom is -0.396 e. The van der Waals surface area contributed by atoms with Crippen LogP contribution in [0.3, 0.4) is 0 Å². The third-order valence-corrected chi connectivity index (χ3v) is 2.21. The second-order valence-electron chi connectivity index (χ2n) is 3.71. The van der Waals surface area contributed by atoms with Crippen molar-refractivity contribution in [3.63, 3.8) is 0 Å². The second kappa shape index (κ2) is 3.52. The fraction of sp³-hybridized carbons (Fsp3) is 1.00. The van der Waals surface area contributed by atoms with Gasteiger partial charge in [-0.15, -0.1) is 0 Å². The molecule has 0 aromatic rings. The van der Waals surface area contributed by atoms with Crippen LogP contribution in [-0.2, 0) is 4.74 Å². The van der Waals surface area contributed by atoms with Gasteiger partial charge in [0.15, 0.2) is 0 Å². The van der Waals surface area contributed by atoms with Gasteiger partial charge in [0.1, 0.15) is 0 Å². The van der Waals surface area contributed by atoms with Crippen molar-refractivity contribution >= 4 is 0 Å². The summed E-state index contributed by atoms with van der Waals surface area (Å²) in [7, 11) is 0. The molecule has 3 heteroatoms. The molecule has 66 valence electrons. The van der Waals surface area contributed by atoms with E-state index in [1.54, 1.807) is 0 Å². The van der Waals surface area contributed by atoms with E-state index < -0.39 is 0 Å². The Kier molecular flexibility index (Phi) is 2.87. The number of ether oxygens (including phenoxy) is 1. The summed E-state index contributed by atoms with van der Waals surface area (Å²) in [6.07, 6.45) is 0.154. The molecule has 1 atom stereocenters. The molecule has 1 aliphatic rings. The number of hydrogen-bond donors (Lipinski definition) is 2. The molecule has 0 aromatic carbocycles. The van der Waals surface area contributed by atoms with Crippen molar-refractivity contribution in [1.82, 2.24) is 5.32 Å². The van der Waals surface area contributed by atoms with Crippen molar-refractivity contribution in [1.29, 1.82) is 0 Å². The van der Waals surface area contributed by atoms with E-state index in [1.165, 1.54) is 0 Å². The first-order valence-electron chi connectivity index (χ1n) is 4.10. The van der Waals surface area contributed by atoms with Crippen LogP contribution < -0.4 is 5.32 Å². The second-order valence-corrected chi connectivity index (χ2v) is 3.71. The summed E-state index contributed by atoms with van der Waals surface area (Å²) >= 11 is 0. The number of hydrogen-bond acceptors (Lipinski definition) is 3. The van der Waals surface area contributed by atoms with Gasteiger partial charge in [-0.3, -0.25) is 0 Å². The Hall–Kier alpha value is -0.120.